The minimum absolute atomic E-state index is 0.859. The Hall–Kier alpha value is -1.50. The molecule has 0 N–H and O–H groups in total. The van der Waals surface area contributed by atoms with Crippen molar-refractivity contribution in [2.24, 2.45) is 5.92 Å². The van der Waals surface area contributed by atoms with Crippen LogP contribution in [-0.4, -0.2) is 6.61 Å². The van der Waals surface area contributed by atoms with Gasteiger partial charge in [-0.25, -0.2) is 0 Å². The van der Waals surface area contributed by atoms with Gasteiger partial charge in [0.1, 0.15) is 5.75 Å². The molecule has 2 aromatic rings. The predicted molar refractivity (Wildman–Crippen MR) is 85.4 cm³/mol. The van der Waals surface area contributed by atoms with Gasteiger partial charge in [-0.05, 0) is 36.3 Å². The predicted octanol–water partition coefficient (Wildman–Crippen LogP) is 5.50. The van der Waals surface area contributed by atoms with E-state index in [4.69, 9.17) is 4.74 Å². The second-order valence-corrected chi connectivity index (χ2v) is 6.13. The van der Waals surface area contributed by atoms with E-state index in [0.29, 0.717) is 0 Å². The van der Waals surface area contributed by atoms with E-state index < -0.39 is 0 Å². The Morgan fingerprint density at radius 1 is 1.05 bits per heavy atom. The number of fused-ring (bicyclic) bond motifs is 1. The lowest BCUT2D eigenvalue weighted by Crippen LogP contribution is -2.10. The summed E-state index contributed by atoms with van der Waals surface area (Å²) in [5, 5.41) is 2.52. The molecule has 0 aromatic heterocycles. The zero-order chi connectivity index (χ0) is 13.8. The highest BCUT2D eigenvalue weighted by Gasteiger charge is 2.13. The first kappa shape index (κ1) is 13.5. The summed E-state index contributed by atoms with van der Waals surface area (Å²) < 4.78 is 6.10. The molecule has 0 atom stereocenters. The number of ether oxygens (including phenoxy) is 1. The highest BCUT2D eigenvalue weighted by Crippen LogP contribution is 2.29. The quantitative estimate of drug-likeness (QED) is 0.711. The van der Waals surface area contributed by atoms with Gasteiger partial charge in [-0.15, -0.1) is 0 Å². The Balaban J connectivity index is 1.67. The van der Waals surface area contributed by atoms with Crippen LogP contribution in [0.2, 0.25) is 0 Å². The van der Waals surface area contributed by atoms with Crippen molar-refractivity contribution in [2.45, 2.75) is 45.4 Å². The summed E-state index contributed by atoms with van der Waals surface area (Å²) in [6.07, 6.45) is 8.27. The minimum atomic E-state index is 0.859. The van der Waals surface area contributed by atoms with Crippen molar-refractivity contribution in [1.82, 2.24) is 0 Å². The third-order valence-electron chi connectivity index (χ3n) is 4.48. The molecule has 1 aliphatic rings. The van der Waals surface area contributed by atoms with Crippen LogP contribution in [0.25, 0.3) is 10.8 Å². The van der Waals surface area contributed by atoms with Crippen LogP contribution in [-0.2, 0) is 0 Å². The first-order valence-corrected chi connectivity index (χ1v) is 7.95. The summed E-state index contributed by atoms with van der Waals surface area (Å²) in [5.41, 5.74) is 1.27. The van der Waals surface area contributed by atoms with Crippen molar-refractivity contribution in [3.63, 3.8) is 0 Å². The van der Waals surface area contributed by atoms with E-state index in [9.17, 15) is 0 Å². The van der Waals surface area contributed by atoms with Gasteiger partial charge in [0.05, 0.1) is 6.61 Å². The zero-order valence-electron chi connectivity index (χ0n) is 12.4. The molecule has 3 rings (SSSR count). The summed E-state index contributed by atoms with van der Waals surface area (Å²) in [4.78, 5) is 0. The van der Waals surface area contributed by atoms with E-state index >= 15 is 0 Å². The summed E-state index contributed by atoms with van der Waals surface area (Å²) in [5.74, 6) is 1.94. The van der Waals surface area contributed by atoms with Crippen molar-refractivity contribution >= 4 is 10.8 Å². The van der Waals surface area contributed by atoms with Gasteiger partial charge in [0.25, 0.3) is 0 Å². The highest BCUT2D eigenvalue weighted by atomic mass is 16.5. The third-order valence-corrected chi connectivity index (χ3v) is 4.48. The van der Waals surface area contributed by atoms with Crippen molar-refractivity contribution in [3.8, 4) is 5.75 Å². The molecule has 0 aliphatic heterocycles. The normalized spacial score (nSPS) is 16.4. The molecule has 106 valence electrons. The van der Waals surface area contributed by atoms with Crippen LogP contribution in [0.1, 0.15) is 44.1 Å². The van der Waals surface area contributed by atoms with E-state index in [1.54, 1.807) is 0 Å². The van der Waals surface area contributed by atoms with Crippen LogP contribution in [0.4, 0.5) is 0 Å². The van der Waals surface area contributed by atoms with E-state index in [-0.39, 0.29) is 0 Å². The molecule has 20 heavy (non-hydrogen) atoms. The summed E-state index contributed by atoms with van der Waals surface area (Å²) in [6, 6.07) is 12.9. The summed E-state index contributed by atoms with van der Waals surface area (Å²) >= 11 is 0. The van der Waals surface area contributed by atoms with Crippen LogP contribution in [0.15, 0.2) is 36.4 Å². The second kappa shape index (κ2) is 6.30. The summed E-state index contributed by atoms with van der Waals surface area (Å²) in [6.45, 7) is 3.00. The Morgan fingerprint density at radius 3 is 2.70 bits per heavy atom. The first-order valence-electron chi connectivity index (χ1n) is 7.95. The van der Waals surface area contributed by atoms with Crippen molar-refractivity contribution in [2.75, 3.05) is 6.61 Å². The molecule has 0 amide bonds. The smallest absolute Gasteiger partial charge is 0.127 e. The molecule has 1 heteroatoms. The van der Waals surface area contributed by atoms with Gasteiger partial charge >= 0.3 is 0 Å². The third kappa shape index (κ3) is 3.15. The highest BCUT2D eigenvalue weighted by molar-refractivity contribution is 5.88. The lowest BCUT2D eigenvalue weighted by atomic mass is 9.87. The molecule has 0 saturated heterocycles. The Morgan fingerprint density at radius 2 is 1.85 bits per heavy atom. The standard InChI is InChI=1S/C19H24O/c1-15-13-17-9-5-6-10-18(17)19(14-15)20-12-11-16-7-3-2-4-8-16/h5-6,9-10,13-14,16H,2-4,7-8,11-12H2,1H3. The van der Waals surface area contributed by atoms with Crippen LogP contribution in [0.5, 0.6) is 5.75 Å². The fourth-order valence-corrected chi connectivity index (χ4v) is 3.35. The fourth-order valence-electron chi connectivity index (χ4n) is 3.35. The van der Waals surface area contributed by atoms with E-state index in [2.05, 4.69) is 43.3 Å². The average Bonchev–Trinajstić information content (AvgIpc) is 2.48. The van der Waals surface area contributed by atoms with Crippen LogP contribution >= 0.6 is 0 Å². The summed E-state index contributed by atoms with van der Waals surface area (Å²) in [7, 11) is 0. The molecule has 0 spiro atoms. The van der Waals surface area contributed by atoms with E-state index in [1.165, 1.54) is 54.9 Å². The first-order chi connectivity index (χ1) is 9.83. The van der Waals surface area contributed by atoms with Gasteiger partial charge < -0.3 is 4.74 Å². The fraction of sp³-hybridized carbons (Fsp3) is 0.474. The largest absolute Gasteiger partial charge is 0.493 e. The zero-order valence-corrected chi connectivity index (χ0v) is 12.4. The van der Waals surface area contributed by atoms with Crippen molar-refractivity contribution < 1.29 is 4.74 Å². The van der Waals surface area contributed by atoms with Gasteiger partial charge in [-0.1, -0.05) is 62.4 Å². The maximum atomic E-state index is 6.10. The Labute approximate surface area is 122 Å². The molecule has 0 bridgehead atoms. The molecular weight excluding hydrogens is 244 g/mol. The Kier molecular flexibility index (Phi) is 4.25. The average molecular weight is 268 g/mol. The monoisotopic (exact) mass is 268 g/mol. The number of aryl methyl sites for hydroxylation is 1. The van der Waals surface area contributed by atoms with Gasteiger partial charge in [0, 0.05) is 5.39 Å². The van der Waals surface area contributed by atoms with Gasteiger partial charge in [-0.3, -0.25) is 0 Å². The van der Waals surface area contributed by atoms with Gasteiger partial charge in [0.15, 0.2) is 0 Å². The molecule has 2 aromatic carbocycles. The Bertz CT molecular complexity index is 567. The van der Waals surface area contributed by atoms with Crippen molar-refractivity contribution in [3.05, 3.63) is 42.0 Å². The van der Waals surface area contributed by atoms with E-state index in [1.807, 2.05) is 0 Å². The number of hydrogen-bond donors (Lipinski definition) is 0. The maximum absolute atomic E-state index is 6.10. The molecule has 1 nitrogen and oxygen atoms in total. The lowest BCUT2D eigenvalue weighted by molar-refractivity contribution is 0.248. The molecule has 1 saturated carbocycles. The number of benzene rings is 2. The maximum Gasteiger partial charge on any atom is 0.127 e. The topological polar surface area (TPSA) is 9.23 Å². The molecule has 0 unspecified atom stereocenters. The number of hydrogen-bond acceptors (Lipinski definition) is 1. The van der Waals surface area contributed by atoms with Gasteiger partial charge in [-0.2, -0.15) is 0 Å². The molecule has 1 fully saturated rings. The van der Waals surface area contributed by atoms with Crippen molar-refractivity contribution in [1.29, 1.82) is 0 Å². The molecule has 1 aliphatic carbocycles. The minimum Gasteiger partial charge on any atom is -0.493 e. The second-order valence-electron chi connectivity index (χ2n) is 6.13. The van der Waals surface area contributed by atoms with Gasteiger partial charge in [0.2, 0.25) is 0 Å². The van der Waals surface area contributed by atoms with Crippen LogP contribution in [0.3, 0.4) is 0 Å². The molecular formula is C19H24O. The number of rotatable bonds is 4. The van der Waals surface area contributed by atoms with Crippen LogP contribution < -0.4 is 4.74 Å². The van der Waals surface area contributed by atoms with E-state index in [0.717, 1.165) is 18.3 Å². The van der Waals surface area contributed by atoms with Crippen LogP contribution in [0, 0.1) is 12.8 Å². The molecule has 0 radical (unpaired) electrons. The SMILES string of the molecule is Cc1cc(OCCC2CCCCC2)c2ccccc2c1. The lowest BCUT2D eigenvalue weighted by Gasteiger charge is -2.21. The molecule has 0 heterocycles.